The number of hydrogen-bond donors (Lipinski definition) is 1. The van der Waals surface area contributed by atoms with Crippen LogP contribution in [0.3, 0.4) is 0 Å². The number of nitrogens with zero attached hydrogens (tertiary/aromatic N) is 2. The van der Waals surface area contributed by atoms with Crippen LogP contribution in [0.4, 0.5) is 5.69 Å². The highest BCUT2D eigenvalue weighted by Gasteiger charge is 2.29. The van der Waals surface area contributed by atoms with Crippen LogP contribution >= 0.6 is 11.6 Å². The second-order valence-corrected chi connectivity index (χ2v) is 10.1. The number of hydrogen-bond acceptors (Lipinski definition) is 6. The van der Waals surface area contributed by atoms with Crippen LogP contribution in [0, 0.1) is 6.92 Å². The maximum atomic E-state index is 13.6. The zero-order valence-corrected chi connectivity index (χ0v) is 22.1. The highest BCUT2D eigenvalue weighted by molar-refractivity contribution is 7.92. The van der Waals surface area contributed by atoms with Crippen molar-refractivity contribution in [2.75, 3.05) is 24.6 Å². The lowest BCUT2D eigenvalue weighted by Crippen LogP contribution is -2.40. The van der Waals surface area contributed by atoms with E-state index in [4.69, 9.17) is 21.1 Å². The van der Waals surface area contributed by atoms with Crippen molar-refractivity contribution in [2.24, 2.45) is 5.10 Å². The minimum atomic E-state index is -4.14. The third-order valence-corrected chi connectivity index (χ3v) is 7.25. The molecule has 8 nitrogen and oxygen atoms in total. The quantitative estimate of drug-likeness (QED) is 0.301. The van der Waals surface area contributed by atoms with E-state index in [2.05, 4.69) is 10.5 Å². The number of methoxy groups -OCH3 is 1. The number of sulfonamides is 1. The third kappa shape index (κ3) is 6.56. The monoisotopic (exact) mass is 529 g/mol. The minimum absolute atomic E-state index is 0.0250. The van der Waals surface area contributed by atoms with Crippen molar-refractivity contribution in [3.63, 3.8) is 0 Å². The molecule has 36 heavy (non-hydrogen) atoms. The van der Waals surface area contributed by atoms with Crippen molar-refractivity contribution in [1.29, 1.82) is 0 Å². The van der Waals surface area contributed by atoms with Gasteiger partial charge in [0.15, 0.2) is 0 Å². The number of carbonyl (C=O) groups excluding carboxylic acids is 1. The molecule has 0 aliphatic heterocycles. The molecule has 3 aromatic carbocycles. The maximum absolute atomic E-state index is 13.6. The molecule has 0 aliphatic rings. The Balaban J connectivity index is 1.90. The molecular weight excluding hydrogens is 502 g/mol. The Morgan fingerprint density at radius 1 is 1.06 bits per heavy atom. The van der Waals surface area contributed by atoms with Crippen LogP contribution in [0.1, 0.15) is 25.0 Å². The van der Waals surface area contributed by atoms with Crippen molar-refractivity contribution in [3.8, 4) is 11.5 Å². The van der Waals surface area contributed by atoms with Crippen molar-refractivity contribution in [1.82, 2.24) is 5.43 Å². The molecule has 0 saturated carbocycles. The van der Waals surface area contributed by atoms with E-state index >= 15 is 0 Å². The van der Waals surface area contributed by atoms with Crippen LogP contribution in [0.5, 0.6) is 11.5 Å². The maximum Gasteiger partial charge on any atom is 0.264 e. The van der Waals surface area contributed by atoms with Gasteiger partial charge < -0.3 is 9.47 Å². The fourth-order valence-corrected chi connectivity index (χ4v) is 4.92. The van der Waals surface area contributed by atoms with Gasteiger partial charge in [0.05, 0.1) is 30.0 Å². The first-order valence-electron chi connectivity index (χ1n) is 11.1. The van der Waals surface area contributed by atoms with E-state index in [1.165, 1.54) is 25.3 Å². The van der Waals surface area contributed by atoms with Crippen LogP contribution in [-0.4, -0.2) is 40.3 Å². The van der Waals surface area contributed by atoms with Gasteiger partial charge in [0.2, 0.25) is 0 Å². The molecule has 0 heterocycles. The van der Waals surface area contributed by atoms with E-state index in [9.17, 15) is 13.2 Å². The number of hydrazone groups is 1. The number of benzene rings is 3. The smallest absolute Gasteiger partial charge is 0.264 e. The number of anilines is 1. The van der Waals surface area contributed by atoms with E-state index in [-0.39, 0.29) is 16.3 Å². The lowest BCUT2D eigenvalue weighted by molar-refractivity contribution is -0.119. The van der Waals surface area contributed by atoms with Crippen molar-refractivity contribution in [3.05, 3.63) is 82.9 Å². The summed E-state index contributed by atoms with van der Waals surface area (Å²) in [5.41, 5.74) is 4.80. The molecule has 3 rings (SSSR count). The number of carbonyl (C=O) groups is 1. The van der Waals surface area contributed by atoms with E-state index in [1.807, 2.05) is 26.0 Å². The first kappa shape index (κ1) is 27.0. The van der Waals surface area contributed by atoms with Crippen molar-refractivity contribution in [2.45, 2.75) is 25.7 Å². The molecule has 0 radical (unpaired) electrons. The molecule has 3 aromatic rings. The first-order chi connectivity index (χ1) is 17.1. The molecule has 0 aromatic heterocycles. The van der Waals surface area contributed by atoms with Crippen LogP contribution in [-0.2, 0) is 14.8 Å². The highest BCUT2D eigenvalue weighted by Crippen LogP contribution is 2.34. The lowest BCUT2D eigenvalue weighted by Gasteiger charge is -2.25. The predicted molar refractivity (Wildman–Crippen MR) is 142 cm³/mol. The van der Waals surface area contributed by atoms with Crippen LogP contribution in [0.15, 0.2) is 76.7 Å². The molecular formula is C26H28ClN3O5S. The van der Waals surface area contributed by atoms with Crippen molar-refractivity contribution < 1.29 is 22.7 Å². The third-order valence-electron chi connectivity index (χ3n) is 5.24. The van der Waals surface area contributed by atoms with E-state index in [0.29, 0.717) is 17.3 Å². The van der Waals surface area contributed by atoms with Crippen molar-refractivity contribution >= 4 is 38.9 Å². The molecule has 0 saturated heterocycles. The van der Waals surface area contributed by atoms with Gasteiger partial charge in [-0.15, -0.1) is 0 Å². The topological polar surface area (TPSA) is 97.3 Å². The number of ether oxygens (including phenoxy) is 2. The summed E-state index contributed by atoms with van der Waals surface area (Å²) in [6.07, 6.45) is 0. The van der Waals surface area contributed by atoms with Crippen LogP contribution in [0.2, 0.25) is 5.02 Å². The molecule has 1 N–H and O–H groups in total. The zero-order chi connectivity index (χ0) is 26.3. The molecule has 0 atom stereocenters. The Hall–Kier alpha value is -3.56. The highest BCUT2D eigenvalue weighted by atomic mass is 35.5. The number of halogens is 1. The second kappa shape index (κ2) is 11.9. The summed E-state index contributed by atoms with van der Waals surface area (Å²) >= 11 is 6.16. The Bertz CT molecular complexity index is 1340. The van der Waals surface area contributed by atoms with Gasteiger partial charge >= 0.3 is 0 Å². The summed E-state index contributed by atoms with van der Waals surface area (Å²) in [5, 5.41) is 4.43. The van der Waals surface area contributed by atoms with E-state index < -0.39 is 22.5 Å². The first-order valence-corrected chi connectivity index (χ1v) is 13.0. The number of nitrogens with one attached hydrogen (secondary N) is 1. The Labute approximate surface area is 216 Å². The van der Waals surface area contributed by atoms with Gasteiger partial charge in [-0.1, -0.05) is 29.3 Å². The Morgan fingerprint density at radius 2 is 1.72 bits per heavy atom. The average Bonchev–Trinajstić information content (AvgIpc) is 2.86. The molecule has 0 fully saturated rings. The molecule has 0 spiro atoms. The summed E-state index contributed by atoms with van der Waals surface area (Å²) < 4.78 is 39.0. The Morgan fingerprint density at radius 3 is 2.33 bits per heavy atom. The lowest BCUT2D eigenvalue weighted by atomic mass is 10.1. The average molecular weight is 530 g/mol. The summed E-state index contributed by atoms with van der Waals surface area (Å²) in [6, 6.07) is 18.2. The number of amides is 1. The summed E-state index contributed by atoms with van der Waals surface area (Å²) in [7, 11) is -2.73. The van der Waals surface area contributed by atoms with Gasteiger partial charge in [0.1, 0.15) is 18.0 Å². The molecule has 1 amide bonds. The minimum Gasteiger partial charge on any atom is -0.495 e. The van der Waals surface area contributed by atoms with E-state index in [0.717, 1.165) is 21.2 Å². The molecule has 190 valence electrons. The van der Waals surface area contributed by atoms with Gasteiger partial charge in [0, 0.05) is 5.02 Å². The van der Waals surface area contributed by atoms with Gasteiger partial charge in [-0.3, -0.25) is 9.10 Å². The summed E-state index contributed by atoms with van der Waals surface area (Å²) in [6.45, 7) is 5.50. The molecule has 0 bridgehead atoms. The Kier molecular flexibility index (Phi) is 8.95. The fraction of sp³-hybridized carbons (Fsp3) is 0.231. The zero-order valence-electron chi connectivity index (χ0n) is 20.5. The second-order valence-electron chi connectivity index (χ2n) is 7.83. The summed E-state index contributed by atoms with van der Waals surface area (Å²) in [4.78, 5) is 12.9. The predicted octanol–water partition coefficient (Wildman–Crippen LogP) is 4.79. The molecule has 0 aliphatic carbocycles. The standard InChI is InChI=1S/C26H28ClN3O5S/c1-5-35-22-11-8-20(9-12-22)19(3)28-29-26(31)17-30(24-16-21(27)10-15-25(24)34-4)36(32,33)23-13-6-18(2)7-14-23/h6-16H,5,17H2,1-4H3,(H,29,31)/b28-19-. The van der Waals surface area contributed by atoms with Gasteiger partial charge in [-0.25, -0.2) is 13.8 Å². The van der Waals surface area contributed by atoms with Crippen LogP contribution < -0.4 is 19.2 Å². The van der Waals surface area contributed by atoms with Gasteiger partial charge in [-0.05, 0) is 80.9 Å². The molecule has 0 unspecified atom stereocenters. The van der Waals surface area contributed by atoms with Gasteiger partial charge in [-0.2, -0.15) is 5.10 Å². The summed E-state index contributed by atoms with van der Waals surface area (Å²) in [5.74, 6) is 0.334. The number of rotatable bonds is 10. The fourth-order valence-electron chi connectivity index (χ4n) is 3.33. The largest absolute Gasteiger partial charge is 0.495 e. The van der Waals surface area contributed by atoms with E-state index in [1.54, 1.807) is 43.3 Å². The molecule has 10 heteroatoms. The van der Waals surface area contributed by atoms with Gasteiger partial charge in [0.25, 0.3) is 15.9 Å². The van der Waals surface area contributed by atoms with Crippen LogP contribution in [0.25, 0.3) is 0 Å². The number of aryl methyl sites for hydroxylation is 1. The normalized spacial score (nSPS) is 11.6. The SMILES string of the molecule is CCOc1ccc(/C(C)=N\NC(=O)CN(c2cc(Cl)ccc2OC)S(=O)(=O)c2ccc(C)cc2)cc1.